The predicted octanol–water partition coefficient (Wildman–Crippen LogP) is 0.339. The molecule has 0 aliphatic rings. The molecule has 4 nitrogen and oxygen atoms in total. The molecule has 0 saturated carbocycles. The molecular weight excluding hydrogens is 184 g/mol. The van der Waals surface area contributed by atoms with Gasteiger partial charge < -0.3 is 19.7 Å². The zero-order valence-corrected chi connectivity index (χ0v) is 8.90. The number of aliphatic hydroxyl groups is 2. The summed E-state index contributed by atoms with van der Waals surface area (Å²) in [5.74, 6) is 0. The van der Waals surface area contributed by atoms with E-state index in [4.69, 9.17) is 14.6 Å². The predicted molar refractivity (Wildman–Crippen MR) is 54.2 cm³/mol. The van der Waals surface area contributed by atoms with Crippen LogP contribution in [0.5, 0.6) is 0 Å². The fourth-order valence-corrected chi connectivity index (χ4v) is 0.970. The molecule has 2 N–H and O–H groups in total. The third kappa shape index (κ3) is 8.19. The largest absolute Gasteiger partial charge is 0.394 e. The van der Waals surface area contributed by atoms with E-state index in [1.54, 1.807) is 19.1 Å². The van der Waals surface area contributed by atoms with Gasteiger partial charge in [-0.15, -0.1) is 0 Å². The Hall–Kier alpha value is -0.420. The van der Waals surface area contributed by atoms with Crippen LogP contribution in [0, 0.1) is 0 Å². The summed E-state index contributed by atoms with van der Waals surface area (Å²) in [4.78, 5) is 0. The molecule has 0 aliphatic carbocycles. The van der Waals surface area contributed by atoms with Crippen LogP contribution < -0.4 is 0 Å². The molecule has 0 heterocycles. The summed E-state index contributed by atoms with van der Waals surface area (Å²) < 4.78 is 10.2. The second kappa shape index (κ2) is 7.94. The minimum atomic E-state index is -0.911. The van der Waals surface area contributed by atoms with Crippen molar-refractivity contribution in [3.63, 3.8) is 0 Å². The highest BCUT2D eigenvalue weighted by atomic mass is 16.5. The lowest BCUT2D eigenvalue weighted by atomic mass is 10.1. The summed E-state index contributed by atoms with van der Waals surface area (Å²) in [6.45, 7) is 4.99. The van der Waals surface area contributed by atoms with Crippen LogP contribution in [-0.2, 0) is 9.47 Å². The minimum Gasteiger partial charge on any atom is -0.394 e. The molecule has 0 aromatic rings. The van der Waals surface area contributed by atoms with Gasteiger partial charge in [0.1, 0.15) is 5.60 Å². The Morgan fingerprint density at radius 1 is 1.21 bits per heavy atom. The molecule has 0 spiro atoms. The summed E-state index contributed by atoms with van der Waals surface area (Å²) in [7, 11) is 0. The van der Waals surface area contributed by atoms with Gasteiger partial charge in [0, 0.05) is 0 Å². The molecule has 0 rings (SSSR count). The Kier molecular flexibility index (Phi) is 7.70. The van der Waals surface area contributed by atoms with Gasteiger partial charge in [0.2, 0.25) is 0 Å². The molecule has 84 valence electrons. The zero-order chi connectivity index (χ0) is 10.9. The Bertz CT molecular complexity index is 154. The van der Waals surface area contributed by atoms with Crippen molar-refractivity contribution in [2.45, 2.75) is 19.4 Å². The van der Waals surface area contributed by atoms with Crippen LogP contribution in [0.25, 0.3) is 0 Å². The number of ether oxygens (including phenoxy) is 2. The molecule has 0 bridgehead atoms. The fourth-order valence-electron chi connectivity index (χ4n) is 0.970. The van der Waals surface area contributed by atoms with E-state index in [0.29, 0.717) is 19.8 Å². The maximum atomic E-state index is 9.62. The van der Waals surface area contributed by atoms with E-state index >= 15 is 0 Å². The molecule has 0 aliphatic heterocycles. The molecule has 0 radical (unpaired) electrons. The topological polar surface area (TPSA) is 58.9 Å². The maximum absolute atomic E-state index is 9.62. The summed E-state index contributed by atoms with van der Waals surface area (Å²) in [5, 5.41) is 18.0. The van der Waals surface area contributed by atoms with Gasteiger partial charge in [-0.2, -0.15) is 0 Å². The molecule has 0 aromatic heterocycles. The standard InChI is InChI=1S/C10H20O4/c1-3-4-10(2,12)9-14-8-7-13-6-5-11/h3-4,11-12H,5-9H2,1-2H3. The third-order valence-corrected chi connectivity index (χ3v) is 1.53. The van der Waals surface area contributed by atoms with E-state index < -0.39 is 5.60 Å². The summed E-state index contributed by atoms with van der Waals surface area (Å²) >= 11 is 0. The number of hydrogen-bond acceptors (Lipinski definition) is 4. The molecule has 4 heteroatoms. The molecule has 1 atom stereocenters. The third-order valence-electron chi connectivity index (χ3n) is 1.53. The molecule has 14 heavy (non-hydrogen) atoms. The first-order chi connectivity index (χ1) is 6.62. The number of allylic oxidation sites excluding steroid dienone is 1. The van der Waals surface area contributed by atoms with E-state index in [1.165, 1.54) is 0 Å². The van der Waals surface area contributed by atoms with E-state index in [9.17, 15) is 5.11 Å². The number of rotatable bonds is 8. The minimum absolute atomic E-state index is 0.0241. The monoisotopic (exact) mass is 204 g/mol. The van der Waals surface area contributed by atoms with Crippen LogP contribution in [0.2, 0.25) is 0 Å². The van der Waals surface area contributed by atoms with Gasteiger partial charge in [-0.3, -0.25) is 0 Å². The van der Waals surface area contributed by atoms with Gasteiger partial charge in [-0.1, -0.05) is 12.2 Å². The molecule has 0 aromatic carbocycles. The second-order valence-corrected chi connectivity index (χ2v) is 3.25. The van der Waals surface area contributed by atoms with Crippen LogP contribution in [0.1, 0.15) is 13.8 Å². The van der Waals surface area contributed by atoms with Crippen LogP contribution in [0.4, 0.5) is 0 Å². The van der Waals surface area contributed by atoms with Crippen molar-refractivity contribution in [3.8, 4) is 0 Å². The van der Waals surface area contributed by atoms with Crippen molar-refractivity contribution < 1.29 is 19.7 Å². The van der Waals surface area contributed by atoms with Gasteiger partial charge >= 0.3 is 0 Å². The van der Waals surface area contributed by atoms with Crippen molar-refractivity contribution in [2.75, 3.05) is 33.0 Å². The molecular formula is C10H20O4. The van der Waals surface area contributed by atoms with Gasteiger partial charge in [-0.25, -0.2) is 0 Å². The van der Waals surface area contributed by atoms with Gasteiger partial charge in [0.05, 0.1) is 33.0 Å². The summed E-state index contributed by atoms with van der Waals surface area (Å²) in [6, 6.07) is 0. The Morgan fingerprint density at radius 2 is 1.86 bits per heavy atom. The molecule has 0 fully saturated rings. The maximum Gasteiger partial charge on any atom is 0.103 e. The first-order valence-electron chi connectivity index (χ1n) is 4.75. The lowest BCUT2D eigenvalue weighted by molar-refractivity contribution is -0.0256. The summed E-state index contributed by atoms with van der Waals surface area (Å²) in [6.07, 6.45) is 3.47. The van der Waals surface area contributed by atoms with Crippen molar-refractivity contribution >= 4 is 0 Å². The van der Waals surface area contributed by atoms with Crippen molar-refractivity contribution in [1.82, 2.24) is 0 Å². The molecule has 0 saturated heterocycles. The number of aliphatic hydroxyl groups excluding tert-OH is 1. The van der Waals surface area contributed by atoms with E-state index in [1.807, 2.05) is 6.92 Å². The molecule has 0 amide bonds. The van der Waals surface area contributed by atoms with Gasteiger partial charge in [0.15, 0.2) is 0 Å². The quantitative estimate of drug-likeness (QED) is 0.442. The second-order valence-electron chi connectivity index (χ2n) is 3.25. The molecule has 1 unspecified atom stereocenters. The van der Waals surface area contributed by atoms with Gasteiger partial charge in [-0.05, 0) is 13.8 Å². The SMILES string of the molecule is CC=CC(C)(O)COCCOCCO. The van der Waals surface area contributed by atoms with Crippen LogP contribution in [0.3, 0.4) is 0 Å². The average Bonchev–Trinajstić information content (AvgIpc) is 2.11. The first-order valence-corrected chi connectivity index (χ1v) is 4.75. The normalized spacial score (nSPS) is 16.0. The van der Waals surface area contributed by atoms with Crippen LogP contribution in [0.15, 0.2) is 12.2 Å². The fraction of sp³-hybridized carbons (Fsp3) is 0.800. The average molecular weight is 204 g/mol. The summed E-state index contributed by atoms with van der Waals surface area (Å²) in [5.41, 5.74) is -0.911. The highest BCUT2D eigenvalue weighted by Gasteiger charge is 2.15. The highest BCUT2D eigenvalue weighted by molar-refractivity contribution is 4.96. The Labute approximate surface area is 85.1 Å². The van der Waals surface area contributed by atoms with Crippen molar-refractivity contribution in [3.05, 3.63) is 12.2 Å². The van der Waals surface area contributed by atoms with E-state index in [-0.39, 0.29) is 13.2 Å². The van der Waals surface area contributed by atoms with Gasteiger partial charge in [0.25, 0.3) is 0 Å². The van der Waals surface area contributed by atoms with Crippen LogP contribution in [-0.4, -0.2) is 48.8 Å². The van der Waals surface area contributed by atoms with Crippen molar-refractivity contribution in [2.24, 2.45) is 0 Å². The van der Waals surface area contributed by atoms with E-state index in [0.717, 1.165) is 0 Å². The lowest BCUT2D eigenvalue weighted by Gasteiger charge is -2.18. The Morgan fingerprint density at radius 3 is 2.43 bits per heavy atom. The van der Waals surface area contributed by atoms with Crippen LogP contribution >= 0.6 is 0 Å². The first kappa shape index (κ1) is 13.6. The smallest absolute Gasteiger partial charge is 0.103 e. The Balaban J connectivity index is 3.35. The lowest BCUT2D eigenvalue weighted by Crippen LogP contribution is -2.28. The number of hydrogen-bond donors (Lipinski definition) is 2. The zero-order valence-electron chi connectivity index (χ0n) is 8.90. The highest BCUT2D eigenvalue weighted by Crippen LogP contribution is 2.05. The van der Waals surface area contributed by atoms with E-state index in [2.05, 4.69) is 0 Å². The van der Waals surface area contributed by atoms with Crippen molar-refractivity contribution in [1.29, 1.82) is 0 Å².